The van der Waals surface area contributed by atoms with Gasteiger partial charge in [-0.25, -0.2) is 0 Å². The number of benzene rings is 1. The highest BCUT2D eigenvalue weighted by Gasteiger charge is 2.43. The molecule has 3 N–H and O–H groups in total. The Morgan fingerprint density at radius 3 is 2.87 bits per heavy atom. The summed E-state index contributed by atoms with van der Waals surface area (Å²) in [5.41, 5.74) is 6.13. The van der Waals surface area contributed by atoms with Crippen LogP contribution in [0.4, 0.5) is 0 Å². The van der Waals surface area contributed by atoms with E-state index in [2.05, 4.69) is 17.5 Å². The van der Waals surface area contributed by atoms with Crippen molar-refractivity contribution in [1.82, 2.24) is 0 Å². The lowest BCUT2D eigenvalue weighted by Crippen LogP contribution is -2.49. The summed E-state index contributed by atoms with van der Waals surface area (Å²) in [4.78, 5) is 0. The van der Waals surface area contributed by atoms with Gasteiger partial charge in [0.05, 0.1) is 5.60 Å². The fourth-order valence-electron chi connectivity index (χ4n) is 2.39. The lowest BCUT2D eigenvalue weighted by Gasteiger charge is -2.42. The number of fused-ring (bicyclic) bond motifs is 1. The van der Waals surface area contributed by atoms with Gasteiger partial charge in [0.2, 0.25) is 0 Å². The first kappa shape index (κ1) is 9.33. The predicted molar refractivity (Wildman–Crippen MR) is 62.9 cm³/mol. The van der Waals surface area contributed by atoms with E-state index in [1.54, 1.807) is 11.3 Å². The molecular weight excluding hydrogens is 206 g/mol. The van der Waals surface area contributed by atoms with Crippen molar-refractivity contribution in [1.29, 1.82) is 0 Å². The second-order valence-electron chi connectivity index (χ2n) is 4.34. The molecule has 1 aromatic carbocycles. The minimum absolute atomic E-state index is 0.158. The van der Waals surface area contributed by atoms with E-state index in [0.29, 0.717) is 12.8 Å². The van der Waals surface area contributed by atoms with Crippen LogP contribution < -0.4 is 5.73 Å². The molecule has 3 heteroatoms. The zero-order valence-corrected chi connectivity index (χ0v) is 9.13. The summed E-state index contributed by atoms with van der Waals surface area (Å²) in [6.07, 6.45) is 1.37. The largest absolute Gasteiger partial charge is 0.385 e. The van der Waals surface area contributed by atoms with Gasteiger partial charge in [0, 0.05) is 16.3 Å². The molecule has 0 amide bonds. The van der Waals surface area contributed by atoms with Crippen molar-refractivity contribution in [2.24, 2.45) is 5.73 Å². The number of thiophene rings is 1. The molecule has 0 atom stereocenters. The van der Waals surface area contributed by atoms with Crippen molar-refractivity contribution in [3.63, 3.8) is 0 Å². The molecule has 3 rings (SSSR count). The zero-order valence-electron chi connectivity index (χ0n) is 8.31. The molecule has 78 valence electrons. The topological polar surface area (TPSA) is 46.2 Å². The van der Waals surface area contributed by atoms with E-state index >= 15 is 0 Å². The molecule has 1 heterocycles. The Morgan fingerprint density at radius 1 is 1.33 bits per heavy atom. The molecule has 1 aliphatic carbocycles. The average Bonchev–Trinajstić information content (AvgIpc) is 2.62. The number of hydrogen-bond donors (Lipinski definition) is 2. The van der Waals surface area contributed by atoms with Gasteiger partial charge in [-0.15, -0.1) is 11.3 Å². The molecule has 1 aliphatic rings. The summed E-state index contributed by atoms with van der Waals surface area (Å²) in [7, 11) is 0. The van der Waals surface area contributed by atoms with E-state index in [9.17, 15) is 5.11 Å². The molecule has 2 aromatic rings. The van der Waals surface area contributed by atoms with Crippen molar-refractivity contribution in [2.45, 2.75) is 24.5 Å². The molecule has 1 saturated carbocycles. The van der Waals surface area contributed by atoms with Crippen LogP contribution >= 0.6 is 11.3 Å². The van der Waals surface area contributed by atoms with Gasteiger partial charge in [-0.1, -0.05) is 18.2 Å². The predicted octanol–water partition coefficient (Wildman–Crippen LogP) is 2.21. The number of nitrogens with two attached hydrogens (primary N) is 1. The summed E-state index contributed by atoms with van der Waals surface area (Å²) in [6.45, 7) is 0. The van der Waals surface area contributed by atoms with Crippen molar-refractivity contribution < 1.29 is 5.11 Å². The molecule has 0 unspecified atom stereocenters. The van der Waals surface area contributed by atoms with Gasteiger partial charge in [-0.05, 0) is 29.7 Å². The maximum atomic E-state index is 10.4. The summed E-state index contributed by atoms with van der Waals surface area (Å²) in [6, 6.07) is 8.35. The van der Waals surface area contributed by atoms with Crippen LogP contribution in [0.15, 0.2) is 29.6 Å². The highest BCUT2D eigenvalue weighted by molar-refractivity contribution is 7.17. The lowest BCUT2D eigenvalue weighted by atomic mass is 9.71. The quantitative estimate of drug-likeness (QED) is 0.772. The van der Waals surface area contributed by atoms with Crippen LogP contribution in [0.1, 0.15) is 18.4 Å². The van der Waals surface area contributed by atoms with Gasteiger partial charge in [0.25, 0.3) is 0 Å². The van der Waals surface area contributed by atoms with Gasteiger partial charge in [-0.3, -0.25) is 0 Å². The Morgan fingerprint density at radius 2 is 2.13 bits per heavy atom. The van der Waals surface area contributed by atoms with Crippen molar-refractivity contribution in [3.05, 3.63) is 35.2 Å². The van der Waals surface area contributed by atoms with Gasteiger partial charge in [0.15, 0.2) is 0 Å². The van der Waals surface area contributed by atoms with E-state index in [-0.39, 0.29) is 6.04 Å². The van der Waals surface area contributed by atoms with E-state index in [1.807, 2.05) is 12.1 Å². The molecule has 1 aromatic heterocycles. The minimum Gasteiger partial charge on any atom is -0.385 e. The van der Waals surface area contributed by atoms with Crippen molar-refractivity contribution in [2.75, 3.05) is 0 Å². The van der Waals surface area contributed by atoms with Gasteiger partial charge in [0.1, 0.15) is 0 Å². The average molecular weight is 219 g/mol. The molecule has 0 aliphatic heterocycles. The maximum absolute atomic E-state index is 10.4. The van der Waals surface area contributed by atoms with Crippen LogP contribution in [-0.2, 0) is 5.60 Å². The molecule has 0 bridgehead atoms. The Balaban J connectivity index is 2.14. The Hall–Kier alpha value is -0.900. The number of rotatable bonds is 1. The Kier molecular flexibility index (Phi) is 1.89. The van der Waals surface area contributed by atoms with Gasteiger partial charge < -0.3 is 10.8 Å². The van der Waals surface area contributed by atoms with Crippen LogP contribution in [0.5, 0.6) is 0 Å². The number of hydrogen-bond acceptors (Lipinski definition) is 3. The summed E-state index contributed by atoms with van der Waals surface area (Å²) in [5, 5.41) is 13.7. The van der Waals surface area contributed by atoms with Crippen LogP contribution in [0, 0.1) is 0 Å². The van der Waals surface area contributed by atoms with Crippen molar-refractivity contribution >= 4 is 21.4 Å². The minimum atomic E-state index is -0.677. The molecule has 0 saturated heterocycles. The molecule has 2 nitrogen and oxygen atoms in total. The maximum Gasteiger partial charge on any atom is 0.0939 e. The second-order valence-corrected chi connectivity index (χ2v) is 5.26. The van der Waals surface area contributed by atoms with Crippen LogP contribution in [0.25, 0.3) is 10.1 Å². The fraction of sp³-hybridized carbons (Fsp3) is 0.333. The van der Waals surface area contributed by atoms with Crippen molar-refractivity contribution in [3.8, 4) is 0 Å². The van der Waals surface area contributed by atoms with Crippen LogP contribution in [0.2, 0.25) is 0 Å². The molecule has 0 spiro atoms. The molecule has 0 radical (unpaired) electrons. The third-order valence-electron chi connectivity index (χ3n) is 3.18. The monoisotopic (exact) mass is 219 g/mol. The third-order valence-corrected chi connectivity index (χ3v) is 4.14. The third kappa shape index (κ3) is 1.31. The Bertz CT molecular complexity index is 499. The normalized spacial score (nSPS) is 30.4. The summed E-state index contributed by atoms with van der Waals surface area (Å²) >= 11 is 1.69. The van der Waals surface area contributed by atoms with E-state index < -0.39 is 5.60 Å². The van der Waals surface area contributed by atoms with Gasteiger partial charge >= 0.3 is 0 Å². The van der Waals surface area contributed by atoms with E-state index in [1.165, 1.54) is 10.1 Å². The highest BCUT2D eigenvalue weighted by atomic mass is 32.1. The first-order valence-corrected chi connectivity index (χ1v) is 6.02. The summed E-state index contributed by atoms with van der Waals surface area (Å²) < 4.78 is 1.20. The standard InChI is InChI=1S/C12H13NOS/c13-9-6-12(14,7-9)10-3-1-2-8-4-5-15-11(8)10/h1-5,9,14H,6-7,13H2. The second kappa shape index (κ2) is 3.04. The highest BCUT2D eigenvalue weighted by Crippen LogP contribution is 2.44. The smallest absolute Gasteiger partial charge is 0.0939 e. The SMILES string of the molecule is NC1CC(O)(c2cccc3ccsc23)C1. The first-order chi connectivity index (χ1) is 7.19. The molecule has 1 fully saturated rings. The zero-order chi connectivity index (χ0) is 10.5. The number of aliphatic hydroxyl groups is 1. The molecule has 15 heavy (non-hydrogen) atoms. The summed E-state index contributed by atoms with van der Waals surface area (Å²) in [5.74, 6) is 0. The Labute approximate surface area is 92.3 Å². The fourth-order valence-corrected chi connectivity index (χ4v) is 3.39. The lowest BCUT2D eigenvalue weighted by molar-refractivity contribution is -0.0508. The van der Waals surface area contributed by atoms with E-state index in [0.717, 1.165) is 5.56 Å². The van der Waals surface area contributed by atoms with Crippen LogP contribution in [-0.4, -0.2) is 11.1 Å². The van der Waals surface area contributed by atoms with Crippen LogP contribution in [0.3, 0.4) is 0 Å². The molecular formula is C12H13NOS. The van der Waals surface area contributed by atoms with E-state index in [4.69, 9.17) is 5.73 Å². The first-order valence-electron chi connectivity index (χ1n) is 5.14. The van der Waals surface area contributed by atoms with Gasteiger partial charge in [-0.2, -0.15) is 0 Å².